The molecule has 0 aliphatic rings. The van der Waals surface area contributed by atoms with Gasteiger partial charge in [-0.15, -0.1) is 0 Å². The number of nitrogens with one attached hydrogen (secondary N) is 3. The van der Waals surface area contributed by atoms with Gasteiger partial charge in [0.15, 0.2) is 5.76 Å². The first kappa shape index (κ1) is 19.2. The molecule has 26 heavy (non-hydrogen) atoms. The first-order valence-corrected chi connectivity index (χ1v) is 9.01. The van der Waals surface area contributed by atoms with Gasteiger partial charge in [0.25, 0.3) is 15.9 Å². The number of hydrogen-bond acceptors (Lipinski definition) is 6. The van der Waals surface area contributed by atoms with Gasteiger partial charge < -0.3 is 15.1 Å². The molecule has 1 heterocycles. The van der Waals surface area contributed by atoms with Crippen molar-refractivity contribution in [1.29, 1.82) is 0 Å². The molecule has 9 nitrogen and oxygen atoms in total. The van der Waals surface area contributed by atoms with Gasteiger partial charge in [0, 0.05) is 25.6 Å². The second kappa shape index (κ2) is 8.30. The minimum absolute atomic E-state index is 0.0262. The Balaban J connectivity index is 1.84. The van der Waals surface area contributed by atoms with Crippen molar-refractivity contribution in [3.63, 3.8) is 0 Å². The van der Waals surface area contributed by atoms with E-state index in [0.717, 1.165) is 6.92 Å². The smallest absolute Gasteiger partial charge is 0.286 e. The topological polar surface area (TPSA) is 135 Å². The molecule has 1 aromatic carbocycles. The van der Waals surface area contributed by atoms with E-state index in [1.54, 1.807) is 6.07 Å². The molecule has 10 heteroatoms. The highest BCUT2D eigenvalue weighted by molar-refractivity contribution is 7.90. The lowest BCUT2D eigenvalue weighted by molar-refractivity contribution is -0.117. The summed E-state index contributed by atoms with van der Waals surface area (Å²) in [6.45, 7) is 1.21. The lowest BCUT2D eigenvalue weighted by Gasteiger charge is -2.08. The molecule has 0 saturated carbocycles. The van der Waals surface area contributed by atoms with Crippen molar-refractivity contribution < 1.29 is 27.2 Å². The Morgan fingerprint density at radius 2 is 1.77 bits per heavy atom. The zero-order valence-electron chi connectivity index (χ0n) is 13.8. The Hall–Kier alpha value is -3.14. The van der Waals surface area contributed by atoms with Crippen molar-refractivity contribution in [3.05, 3.63) is 48.4 Å². The second-order valence-electron chi connectivity index (χ2n) is 5.22. The lowest BCUT2D eigenvalue weighted by atomic mass is 10.3. The molecular weight excluding hydrogens is 362 g/mol. The van der Waals surface area contributed by atoms with Crippen LogP contribution in [0, 0.1) is 0 Å². The minimum Gasteiger partial charge on any atom is -0.459 e. The second-order valence-corrected chi connectivity index (χ2v) is 6.90. The summed E-state index contributed by atoms with van der Waals surface area (Å²) >= 11 is 0. The predicted octanol–water partition coefficient (Wildman–Crippen LogP) is 0.863. The van der Waals surface area contributed by atoms with E-state index in [4.69, 9.17) is 4.42 Å². The molecule has 0 radical (unpaired) electrons. The number of sulfonamides is 1. The number of anilines is 1. The van der Waals surface area contributed by atoms with Gasteiger partial charge >= 0.3 is 0 Å². The van der Waals surface area contributed by atoms with Crippen LogP contribution >= 0.6 is 0 Å². The largest absolute Gasteiger partial charge is 0.459 e. The number of benzene rings is 1. The molecule has 0 unspecified atom stereocenters. The van der Waals surface area contributed by atoms with Gasteiger partial charge in [0.05, 0.1) is 11.2 Å². The molecule has 0 bridgehead atoms. The highest BCUT2D eigenvalue weighted by Crippen LogP contribution is 2.14. The van der Waals surface area contributed by atoms with E-state index < -0.39 is 21.8 Å². The van der Waals surface area contributed by atoms with E-state index in [-0.39, 0.29) is 29.5 Å². The van der Waals surface area contributed by atoms with Crippen LogP contribution in [0.2, 0.25) is 0 Å². The van der Waals surface area contributed by atoms with Crippen LogP contribution in [0.25, 0.3) is 0 Å². The Morgan fingerprint density at radius 1 is 1.08 bits per heavy atom. The van der Waals surface area contributed by atoms with Crippen molar-refractivity contribution in [3.8, 4) is 0 Å². The third kappa shape index (κ3) is 5.45. The molecule has 2 aromatic rings. The van der Waals surface area contributed by atoms with Crippen molar-refractivity contribution in [2.45, 2.75) is 18.2 Å². The molecule has 0 spiro atoms. The van der Waals surface area contributed by atoms with E-state index in [1.165, 1.54) is 36.6 Å². The Bertz CT molecular complexity index is 889. The van der Waals surface area contributed by atoms with E-state index in [0.29, 0.717) is 5.69 Å². The maximum Gasteiger partial charge on any atom is 0.286 e. The van der Waals surface area contributed by atoms with E-state index in [2.05, 4.69) is 10.6 Å². The minimum atomic E-state index is -3.92. The van der Waals surface area contributed by atoms with Gasteiger partial charge in [-0.05, 0) is 36.4 Å². The summed E-state index contributed by atoms with van der Waals surface area (Å²) in [5.74, 6) is -1.32. The maximum atomic E-state index is 11.8. The number of carbonyl (C=O) groups is 3. The lowest BCUT2D eigenvalue weighted by Crippen LogP contribution is -2.28. The van der Waals surface area contributed by atoms with Crippen LogP contribution in [0.15, 0.2) is 52.0 Å². The van der Waals surface area contributed by atoms with E-state index >= 15 is 0 Å². The van der Waals surface area contributed by atoms with Crippen LogP contribution in [0.5, 0.6) is 0 Å². The third-order valence-electron chi connectivity index (χ3n) is 3.11. The molecule has 0 saturated heterocycles. The molecular formula is C16H17N3O6S. The quantitative estimate of drug-likeness (QED) is 0.653. The molecule has 138 valence electrons. The molecule has 1 aromatic heterocycles. The zero-order chi connectivity index (χ0) is 19.2. The third-order valence-corrected chi connectivity index (χ3v) is 4.56. The summed E-state index contributed by atoms with van der Waals surface area (Å²) in [6, 6.07) is 8.41. The fourth-order valence-corrected chi connectivity index (χ4v) is 2.96. The molecule has 0 aliphatic heterocycles. The van der Waals surface area contributed by atoms with Gasteiger partial charge in [-0.3, -0.25) is 14.4 Å². The molecule has 0 aliphatic carbocycles. The molecule has 3 amide bonds. The number of amides is 3. The predicted molar refractivity (Wildman–Crippen MR) is 91.7 cm³/mol. The summed E-state index contributed by atoms with van der Waals surface area (Å²) in [6.07, 6.45) is 1.40. The van der Waals surface area contributed by atoms with Crippen molar-refractivity contribution in [1.82, 2.24) is 10.0 Å². The van der Waals surface area contributed by atoms with Crippen LogP contribution in [0.3, 0.4) is 0 Å². The zero-order valence-corrected chi connectivity index (χ0v) is 14.6. The number of rotatable bonds is 7. The first-order valence-electron chi connectivity index (χ1n) is 7.53. The van der Waals surface area contributed by atoms with Gasteiger partial charge in [-0.1, -0.05) is 0 Å². The molecule has 3 N–H and O–H groups in total. The van der Waals surface area contributed by atoms with E-state index in [1.807, 2.05) is 4.72 Å². The molecule has 0 fully saturated rings. The summed E-state index contributed by atoms with van der Waals surface area (Å²) < 4.78 is 30.4. The fourth-order valence-electron chi connectivity index (χ4n) is 1.97. The molecule has 2 rings (SSSR count). The summed E-state index contributed by atoms with van der Waals surface area (Å²) in [7, 11) is -3.92. The average Bonchev–Trinajstić information content (AvgIpc) is 3.08. The van der Waals surface area contributed by atoms with Crippen molar-refractivity contribution in [2.75, 3.05) is 11.9 Å². The average molecular weight is 379 g/mol. The van der Waals surface area contributed by atoms with E-state index in [9.17, 15) is 22.8 Å². The van der Waals surface area contributed by atoms with Crippen LogP contribution in [-0.4, -0.2) is 32.7 Å². The summed E-state index contributed by atoms with van der Waals surface area (Å²) in [4.78, 5) is 34.3. The Labute approximate surface area is 149 Å². The fraction of sp³-hybridized carbons (Fsp3) is 0.188. The Morgan fingerprint density at radius 3 is 2.35 bits per heavy atom. The number of hydrogen-bond donors (Lipinski definition) is 3. The highest BCUT2D eigenvalue weighted by Gasteiger charge is 2.15. The van der Waals surface area contributed by atoms with Crippen molar-refractivity contribution in [2.24, 2.45) is 0 Å². The molecule has 0 atom stereocenters. The summed E-state index contributed by atoms with van der Waals surface area (Å²) in [5, 5.41) is 5.11. The van der Waals surface area contributed by atoms with Crippen LogP contribution in [0.1, 0.15) is 23.9 Å². The Kier molecular flexibility index (Phi) is 6.12. The highest BCUT2D eigenvalue weighted by atomic mass is 32.2. The normalized spacial score (nSPS) is 10.8. The van der Waals surface area contributed by atoms with Crippen LogP contribution < -0.4 is 15.4 Å². The van der Waals surface area contributed by atoms with Crippen LogP contribution in [0.4, 0.5) is 5.69 Å². The van der Waals surface area contributed by atoms with Gasteiger partial charge in [-0.25, -0.2) is 13.1 Å². The van der Waals surface area contributed by atoms with Gasteiger partial charge in [0.2, 0.25) is 11.8 Å². The van der Waals surface area contributed by atoms with Gasteiger partial charge in [-0.2, -0.15) is 0 Å². The monoisotopic (exact) mass is 379 g/mol. The first-order chi connectivity index (χ1) is 12.3. The number of furan rings is 1. The maximum absolute atomic E-state index is 11.8. The summed E-state index contributed by atoms with van der Waals surface area (Å²) in [5.41, 5.74) is 0.383. The van der Waals surface area contributed by atoms with Crippen LogP contribution in [-0.2, 0) is 19.6 Å². The van der Waals surface area contributed by atoms with Crippen molar-refractivity contribution >= 4 is 33.4 Å². The van der Waals surface area contributed by atoms with Gasteiger partial charge in [0.1, 0.15) is 0 Å². The standard InChI is InChI=1S/C16H17N3O6S/c1-11(20)19-26(23,24)13-6-4-12(5-7-13)18-15(21)8-9-17-16(22)14-3-2-10-25-14/h2-7,10H,8-9H2,1H3,(H,17,22)(H,18,21)(H,19,20). The SMILES string of the molecule is CC(=O)NS(=O)(=O)c1ccc(NC(=O)CCNC(=O)c2ccco2)cc1. The number of carbonyl (C=O) groups excluding carboxylic acids is 3.